The summed E-state index contributed by atoms with van der Waals surface area (Å²) in [6.45, 7) is 9.53. The predicted molar refractivity (Wildman–Crippen MR) is 148 cm³/mol. The van der Waals surface area contributed by atoms with Crippen LogP contribution in [0.1, 0.15) is 31.9 Å². The molecule has 0 heterocycles. The Morgan fingerprint density at radius 2 is 1.25 bits per heavy atom. The van der Waals surface area contributed by atoms with Crippen LogP contribution in [0.3, 0.4) is 0 Å². The lowest BCUT2D eigenvalue weighted by Gasteiger charge is -2.20. The van der Waals surface area contributed by atoms with Gasteiger partial charge in [-0.25, -0.2) is 4.79 Å². The highest BCUT2D eigenvalue weighted by molar-refractivity contribution is 14.1. The maximum absolute atomic E-state index is 12.1. The lowest BCUT2D eigenvalue weighted by atomic mass is 10.1. The van der Waals surface area contributed by atoms with E-state index < -0.39 is 5.60 Å². The van der Waals surface area contributed by atoms with Crippen molar-refractivity contribution in [3.05, 3.63) is 78.9 Å². The van der Waals surface area contributed by atoms with Gasteiger partial charge in [-0.05, 0) is 139 Å². The van der Waals surface area contributed by atoms with Crippen LogP contribution in [-0.2, 0) is 20.4 Å². The molecule has 3 aromatic carbocycles. The first kappa shape index (κ1) is 25.4. The van der Waals surface area contributed by atoms with Crippen molar-refractivity contribution in [1.29, 1.82) is 0 Å². The summed E-state index contributed by atoms with van der Waals surface area (Å²) in [6, 6.07) is 21.8. The monoisotopic (exact) mass is 673 g/mol. The van der Waals surface area contributed by atoms with E-state index in [0.717, 1.165) is 16.9 Å². The number of carbonyl (C=O) groups is 1. The first-order valence-corrected chi connectivity index (χ1v) is 13.6. The second-order valence-corrected chi connectivity index (χ2v) is 13.0. The molecule has 0 fully saturated rings. The molecule has 0 amide bonds. The van der Waals surface area contributed by atoms with Crippen LogP contribution in [0, 0.1) is 21.0 Å². The van der Waals surface area contributed by atoms with Crippen molar-refractivity contribution in [2.45, 2.75) is 54.9 Å². The standard InChI is InChI=1S/C26H27I2O3S/c1-17-14-23(15-18(2)25(17)30-16-24(29)31-26(3,4)5)32(21-10-6-19(27)7-11-21)22-12-8-20(28)9-13-22/h6-15H,16H2,1-5H3/q+1. The van der Waals surface area contributed by atoms with E-state index in [1.54, 1.807) is 0 Å². The molecular weight excluding hydrogens is 646 g/mol. The molecule has 0 bridgehead atoms. The Kier molecular flexibility index (Phi) is 8.54. The van der Waals surface area contributed by atoms with Crippen LogP contribution in [0.4, 0.5) is 0 Å². The Hall–Kier alpha value is -1.26. The molecule has 0 saturated carbocycles. The van der Waals surface area contributed by atoms with Gasteiger partial charge >= 0.3 is 5.97 Å². The van der Waals surface area contributed by atoms with E-state index in [9.17, 15) is 4.79 Å². The van der Waals surface area contributed by atoms with Crippen molar-refractivity contribution in [3.63, 3.8) is 0 Å². The fraction of sp³-hybridized carbons (Fsp3) is 0.269. The molecule has 3 nitrogen and oxygen atoms in total. The number of rotatable bonds is 6. The van der Waals surface area contributed by atoms with Crippen molar-refractivity contribution in [2.75, 3.05) is 6.61 Å². The third kappa shape index (κ3) is 6.87. The molecule has 0 aliphatic carbocycles. The summed E-state index contributed by atoms with van der Waals surface area (Å²) in [6.07, 6.45) is 0. The summed E-state index contributed by atoms with van der Waals surface area (Å²) in [5.74, 6) is 0.381. The molecule has 6 heteroatoms. The van der Waals surface area contributed by atoms with E-state index in [-0.39, 0.29) is 23.5 Å². The van der Waals surface area contributed by atoms with Gasteiger partial charge in [0.1, 0.15) is 11.4 Å². The molecule has 0 aliphatic rings. The highest BCUT2D eigenvalue weighted by atomic mass is 127. The summed E-state index contributed by atoms with van der Waals surface area (Å²) in [5, 5.41) is 0. The number of benzene rings is 3. The van der Waals surface area contributed by atoms with E-state index in [2.05, 4.69) is 106 Å². The molecule has 0 aromatic heterocycles. The van der Waals surface area contributed by atoms with Crippen molar-refractivity contribution in [2.24, 2.45) is 0 Å². The topological polar surface area (TPSA) is 35.5 Å². The van der Waals surface area contributed by atoms with E-state index in [1.165, 1.54) is 21.8 Å². The van der Waals surface area contributed by atoms with E-state index >= 15 is 0 Å². The Labute approximate surface area is 220 Å². The third-order valence-corrected chi connectivity index (χ3v) is 8.16. The fourth-order valence-corrected chi connectivity index (χ4v) is 6.25. The molecule has 168 valence electrons. The van der Waals surface area contributed by atoms with E-state index in [4.69, 9.17) is 9.47 Å². The smallest absolute Gasteiger partial charge is 0.344 e. The first-order valence-electron chi connectivity index (χ1n) is 10.2. The van der Waals surface area contributed by atoms with Gasteiger partial charge < -0.3 is 9.47 Å². The molecule has 3 aromatic rings. The maximum atomic E-state index is 12.1. The molecule has 32 heavy (non-hydrogen) atoms. The van der Waals surface area contributed by atoms with Gasteiger partial charge in [0.05, 0.1) is 10.9 Å². The second kappa shape index (κ2) is 10.8. The van der Waals surface area contributed by atoms with Gasteiger partial charge in [0, 0.05) is 19.3 Å². The normalized spacial score (nSPS) is 11.5. The Balaban J connectivity index is 1.94. The van der Waals surface area contributed by atoms with Crippen molar-refractivity contribution < 1.29 is 14.3 Å². The first-order chi connectivity index (χ1) is 15.0. The van der Waals surface area contributed by atoms with Crippen LogP contribution in [0.2, 0.25) is 0 Å². The zero-order valence-corrected chi connectivity index (χ0v) is 24.0. The van der Waals surface area contributed by atoms with Crippen LogP contribution < -0.4 is 4.74 Å². The van der Waals surface area contributed by atoms with Crippen molar-refractivity contribution in [3.8, 4) is 5.75 Å². The molecule has 0 N–H and O–H groups in total. The number of aryl methyl sites for hydroxylation is 2. The second-order valence-electron chi connectivity index (χ2n) is 8.48. The predicted octanol–water partition coefficient (Wildman–Crippen LogP) is 7.33. The van der Waals surface area contributed by atoms with Gasteiger partial charge in [-0.15, -0.1) is 0 Å². The van der Waals surface area contributed by atoms with Crippen LogP contribution >= 0.6 is 45.2 Å². The molecule has 0 aliphatic heterocycles. The number of hydrogen-bond donors (Lipinski definition) is 0. The van der Waals surface area contributed by atoms with Gasteiger partial charge in [0.25, 0.3) is 0 Å². The maximum Gasteiger partial charge on any atom is 0.344 e. The number of carbonyl (C=O) groups excluding carboxylic acids is 1. The van der Waals surface area contributed by atoms with Crippen molar-refractivity contribution >= 4 is 62.0 Å². The van der Waals surface area contributed by atoms with Gasteiger partial charge in [0.15, 0.2) is 21.3 Å². The number of hydrogen-bond acceptors (Lipinski definition) is 3. The Bertz CT molecular complexity index is 1020. The Morgan fingerprint density at radius 3 is 1.66 bits per heavy atom. The average Bonchev–Trinajstić information content (AvgIpc) is 2.69. The molecule has 3 rings (SSSR count). The van der Waals surface area contributed by atoms with Crippen LogP contribution in [0.25, 0.3) is 0 Å². The number of esters is 1. The van der Waals surface area contributed by atoms with Crippen LogP contribution in [0.5, 0.6) is 5.75 Å². The third-order valence-electron chi connectivity index (χ3n) is 4.52. The zero-order chi connectivity index (χ0) is 23.5. The van der Waals surface area contributed by atoms with E-state index in [1.807, 2.05) is 34.6 Å². The molecule has 0 unspecified atom stereocenters. The summed E-state index contributed by atoms with van der Waals surface area (Å²) in [4.78, 5) is 15.9. The fourth-order valence-electron chi connectivity index (χ4n) is 3.31. The number of halogens is 2. The Morgan fingerprint density at radius 1 is 0.812 bits per heavy atom. The number of ether oxygens (including phenoxy) is 2. The minimum atomic E-state index is -0.524. The average molecular weight is 673 g/mol. The summed E-state index contributed by atoms with van der Waals surface area (Å²) < 4.78 is 13.7. The lowest BCUT2D eigenvalue weighted by Crippen LogP contribution is -2.27. The largest absolute Gasteiger partial charge is 0.481 e. The van der Waals surface area contributed by atoms with Gasteiger partial charge in [-0.1, -0.05) is 0 Å². The molecule has 0 atom stereocenters. The summed E-state index contributed by atoms with van der Waals surface area (Å²) in [7, 11) is -0.240. The summed E-state index contributed by atoms with van der Waals surface area (Å²) >= 11 is 4.68. The lowest BCUT2D eigenvalue weighted by molar-refractivity contribution is -0.157. The molecular formula is C26H27I2O3S+. The highest BCUT2D eigenvalue weighted by Crippen LogP contribution is 2.36. The minimum Gasteiger partial charge on any atom is -0.481 e. The van der Waals surface area contributed by atoms with Gasteiger partial charge in [0.2, 0.25) is 0 Å². The van der Waals surface area contributed by atoms with E-state index in [0.29, 0.717) is 0 Å². The van der Waals surface area contributed by atoms with Gasteiger partial charge in [-0.3, -0.25) is 0 Å². The summed E-state index contributed by atoms with van der Waals surface area (Å²) in [5.41, 5.74) is 1.50. The SMILES string of the molecule is Cc1cc([S+](c2ccc(I)cc2)c2ccc(I)cc2)cc(C)c1OCC(=O)OC(C)(C)C. The molecule has 0 saturated heterocycles. The van der Waals surface area contributed by atoms with Gasteiger partial charge in [-0.2, -0.15) is 0 Å². The quantitative estimate of drug-likeness (QED) is 0.156. The van der Waals surface area contributed by atoms with Crippen LogP contribution in [-0.4, -0.2) is 18.2 Å². The van der Waals surface area contributed by atoms with Crippen molar-refractivity contribution in [1.82, 2.24) is 0 Å². The zero-order valence-electron chi connectivity index (χ0n) is 18.9. The minimum absolute atomic E-state index is 0.0990. The van der Waals surface area contributed by atoms with Crippen LogP contribution in [0.15, 0.2) is 75.4 Å². The molecule has 0 spiro atoms. The highest BCUT2D eigenvalue weighted by Gasteiger charge is 2.30. The molecule has 0 radical (unpaired) electrons.